The van der Waals surface area contributed by atoms with Gasteiger partial charge in [-0.2, -0.15) is 0 Å². The molecule has 3 rings (SSSR count). The van der Waals surface area contributed by atoms with Crippen LogP contribution in [0.4, 0.5) is 0 Å². The Morgan fingerprint density at radius 1 is 0.947 bits per heavy atom. The van der Waals surface area contributed by atoms with Crippen LogP contribution >= 0.6 is 19.0 Å². The number of hydrogen-bond acceptors (Lipinski definition) is 2. The van der Waals surface area contributed by atoms with Crippen LogP contribution < -0.4 is 0 Å². The third-order valence-corrected chi connectivity index (χ3v) is 4.79. The molecule has 0 N–H and O–H groups in total. The number of hydrogen-bond donors (Lipinski definition) is 0. The molecule has 0 bridgehead atoms. The Bertz CT molecular complexity index is 507. The lowest BCUT2D eigenvalue weighted by Crippen LogP contribution is -2.36. The van der Waals surface area contributed by atoms with Gasteiger partial charge in [0.25, 0.3) is 7.73 Å². The molecule has 4 heteroatoms. The fourth-order valence-corrected chi connectivity index (χ4v) is 4.23. The van der Waals surface area contributed by atoms with Crippen LogP contribution in [0.25, 0.3) is 0 Å². The fourth-order valence-electron chi connectivity index (χ4n) is 2.52. The number of benzene rings is 2. The highest BCUT2D eigenvalue weighted by molar-refractivity contribution is 7.76. The maximum atomic E-state index is 6.11. The second kappa shape index (κ2) is 5.22. The second-order valence-electron chi connectivity index (χ2n) is 4.52. The Hall–Kier alpha value is -0.920. The van der Waals surface area contributed by atoms with Crippen LogP contribution in [0, 0.1) is 0 Å². The highest BCUT2D eigenvalue weighted by Crippen LogP contribution is 2.62. The number of halogens is 1. The Balaban J connectivity index is 2.17. The fraction of sp³-hybridized carbons (Fsp3) is 0.200. The van der Waals surface area contributed by atoms with E-state index in [1.165, 1.54) is 0 Å². The summed E-state index contributed by atoms with van der Waals surface area (Å²) in [5.41, 5.74) is 1.52. The molecule has 0 aromatic heterocycles. The van der Waals surface area contributed by atoms with Gasteiger partial charge in [0, 0.05) is 0 Å². The van der Waals surface area contributed by atoms with Crippen molar-refractivity contribution < 1.29 is 9.05 Å². The second-order valence-corrected chi connectivity index (χ2v) is 6.17. The first kappa shape index (κ1) is 13.1. The van der Waals surface area contributed by atoms with Crippen LogP contribution in [0.3, 0.4) is 0 Å². The predicted octanol–water partition coefficient (Wildman–Crippen LogP) is 4.83. The van der Waals surface area contributed by atoms with Gasteiger partial charge in [0.2, 0.25) is 0 Å². The van der Waals surface area contributed by atoms with E-state index in [0.717, 1.165) is 11.1 Å². The molecule has 0 aliphatic carbocycles. The highest BCUT2D eigenvalue weighted by Gasteiger charge is 2.50. The predicted molar refractivity (Wildman–Crippen MR) is 78.1 cm³/mol. The van der Waals surface area contributed by atoms with Crippen LogP contribution in [0.5, 0.6) is 0 Å². The first-order chi connectivity index (χ1) is 9.23. The molecule has 2 nitrogen and oxygen atoms in total. The molecule has 0 saturated carbocycles. The van der Waals surface area contributed by atoms with Gasteiger partial charge in [0.1, 0.15) is 6.10 Å². The average molecular weight is 293 g/mol. The van der Waals surface area contributed by atoms with Gasteiger partial charge in [-0.25, -0.2) is 0 Å². The molecule has 2 aromatic carbocycles. The molecule has 0 spiro atoms. The van der Waals surface area contributed by atoms with E-state index in [9.17, 15) is 0 Å². The summed E-state index contributed by atoms with van der Waals surface area (Å²) in [4.78, 5) is 0. The van der Waals surface area contributed by atoms with Gasteiger partial charge in [-0.1, -0.05) is 60.7 Å². The molecule has 1 aliphatic rings. The third kappa shape index (κ3) is 2.19. The van der Waals surface area contributed by atoms with Crippen LogP contribution in [0.2, 0.25) is 0 Å². The van der Waals surface area contributed by atoms with Crippen molar-refractivity contribution in [1.29, 1.82) is 0 Å². The molecule has 2 unspecified atom stereocenters. The van der Waals surface area contributed by atoms with Crippen LogP contribution in [-0.4, -0.2) is 6.10 Å². The van der Waals surface area contributed by atoms with Crippen molar-refractivity contribution in [2.45, 2.75) is 18.6 Å². The smallest absolute Gasteiger partial charge is 0.278 e. The van der Waals surface area contributed by atoms with Crippen molar-refractivity contribution in [3.8, 4) is 0 Å². The van der Waals surface area contributed by atoms with E-state index >= 15 is 0 Å². The molecular formula is C15H14ClO2P. The normalized spacial score (nSPS) is 25.4. The minimum atomic E-state index is -1.37. The Labute approximate surface area is 119 Å². The van der Waals surface area contributed by atoms with E-state index in [1.807, 2.05) is 43.3 Å². The van der Waals surface area contributed by atoms with Crippen LogP contribution in [0.1, 0.15) is 18.1 Å². The summed E-state index contributed by atoms with van der Waals surface area (Å²) in [7, 11) is -1.37. The largest absolute Gasteiger partial charge is 0.315 e. The maximum absolute atomic E-state index is 6.11. The van der Waals surface area contributed by atoms with Gasteiger partial charge in [0.05, 0.1) is 0 Å². The zero-order chi connectivity index (χ0) is 13.3. The van der Waals surface area contributed by atoms with Crippen molar-refractivity contribution in [3.63, 3.8) is 0 Å². The molecule has 1 heterocycles. The van der Waals surface area contributed by atoms with Crippen LogP contribution in [-0.2, 0) is 14.6 Å². The standard InChI is InChI=1S/C15H14ClO2P/c1-12-15(18-19(16)17-12,13-8-4-2-5-9-13)14-10-6-3-7-11-14/h2-12H,1H3. The van der Waals surface area contributed by atoms with E-state index in [1.54, 1.807) is 0 Å². The van der Waals surface area contributed by atoms with E-state index in [0.29, 0.717) is 0 Å². The van der Waals surface area contributed by atoms with Gasteiger partial charge >= 0.3 is 0 Å². The summed E-state index contributed by atoms with van der Waals surface area (Å²) in [5.74, 6) is 0. The molecule has 2 aromatic rings. The maximum Gasteiger partial charge on any atom is 0.278 e. The van der Waals surface area contributed by atoms with Gasteiger partial charge in [-0.15, -0.1) is 0 Å². The van der Waals surface area contributed by atoms with Crippen molar-refractivity contribution in [3.05, 3.63) is 71.8 Å². The van der Waals surface area contributed by atoms with Gasteiger partial charge in [0.15, 0.2) is 5.60 Å². The SMILES string of the molecule is CC1OP(Cl)OC1(c1ccccc1)c1ccccc1. The Kier molecular flexibility index (Phi) is 3.60. The topological polar surface area (TPSA) is 18.5 Å². The zero-order valence-electron chi connectivity index (χ0n) is 10.5. The summed E-state index contributed by atoms with van der Waals surface area (Å²) in [6.45, 7) is 2.00. The summed E-state index contributed by atoms with van der Waals surface area (Å²) in [5, 5.41) is 0. The minimum absolute atomic E-state index is 0.124. The lowest BCUT2D eigenvalue weighted by atomic mass is 9.82. The quantitative estimate of drug-likeness (QED) is 0.738. The molecule has 1 fully saturated rings. The molecular weight excluding hydrogens is 279 g/mol. The lowest BCUT2D eigenvalue weighted by Gasteiger charge is -2.31. The zero-order valence-corrected chi connectivity index (χ0v) is 12.1. The molecule has 0 amide bonds. The minimum Gasteiger partial charge on any atom is -0.315 e. The average Bonchev–Trinajstić information content (AvgIpc) is 2.76. The van der Waals surface area contributed by atoms with Gasteiger partial charge < -0.3 is 9.05 Å². The molecule has 98 valence electrons. The molecule has 2 atom stereocenters. The van der Waals surface area contributed by atoms with E-state index in [2.05, 4.69) is 24.3 Å². The van der Waals surface area contributed by atoms with Crippen molar-refractivity contribution in [1.82, 2.24) is 0 Å². The van der Waals surface area contributed by atoms with E-state index in [-0.39, 0.29) is 6.10 Å². The Morgan fingerprint density at radius 2 is 1.42 bits per heavy atom. The molecule has 19 heavy (non-hydrogen) atoms. The van der Waals surface area contributed by atoms with Gasteiger partial charge in [-0.05, 0) is 29.3 Å². The van der Waals surface area contributed by atoms with E-state index in [4.69, 9.17) is 20.3 Å². The molecule has 1 saturated heterocycles. The highest BCUT2D eigenvalue weighted by atomic mass is 35.7. The number of rotatable bonds is 2. The van der Waals surface area contributed by atoms with Crippen molar-refractivity contribution in [2.24, 2.45) is 0 Å². The van der Waals surface area contributed by atoms with Crippen LogP contribution in [0.15, 0.2) is 60.7 Å². The summed E-state index contributed by atoms with van der Waals surface area (Å²) in [6, 6.07) is 20.2. The molecule has 0 radical (unpaired) electrons. The van der Waals surface area contributed by atoms with Crippen molar-refractivity contribution >= 4 is 19.0 Å². The monoisotopic (exact) mass is 292 g/mol. The van der Waals surface area contributed by atoms with E-state index < -0.39 is 13.3 Å². The van der Waals surface area contributed by atoms with Gasteiger partial charge in [-0.3, -0.25) is 0 Å². The summed E-state index contributed by atoms with van der Waals surface area (Å²) in [6.07, 6.45) is -0.124. The summed E-state index contributed by atoms with van der Waals surface area (Å²) >= 11 is 6.11. The first-order valence-corrected chi connectivity index (χ1v) is 8.24. The lowest BCUT2D eigenvalue weighted by molar-refractivity contribution is 0.0860. The van der Waals surface area contributed by atoms with Crippen molar-refractivity contribution in [2.75, 3.05) is 0 Å². The third-order valence-electron chi connectivity index (χ3n) is 3.43. The summed E-state index contributed by atoms with van der Waals surface area (Å²) < 4.78 is 11.7. The molecule has 1 aliphatic heterocycles. The Morgan fingerprint density at radius 3 is 1.79 bits per heavy atom. The first-order valence-electron chi connectivity index (χ1n) is 6.16.